The van der Waals surface area contributed by atoms with Crippen LogP contribution in [0, 0.1) is 24.1 Å². The van der Waals surface area contributed by atoms with E-state index >= 15 is 0 Å². The Labute approximate surface area is 82.0 Å². The summed E-state index contributed by atoms with van der Waals surface area (Å²) in [5.74, 6) is -0.639. The molecular formula is C9H10ClFN2. The summed E-state index contributed by atoms with van der Waals surface area (Å²) in [6, 6.07) is 1.62. The van der Waals surface area contributed by atoms with Crippen LogP contribution in [-0.4, -0.2) is 4.98 Å². The molecule has 0 aliphatic heterocycles. The first-order chi connectivity index (χ1) is 6.16. The largest absolute Gasteiger partial charge is 0.241 e. The Bertz CT molecular complexity index is 331. The molecule has 0 aromatic carbocycles. The van der Waals surface area contributed by atoms with Crippen LogP contribution in [0.15, 0.2) is 6.20 Å². The molecule has 4 heteroatoms. The predicted molar refractivity (Wildman–Crippen MR) is 50.0 cm³/mol. The van der Waals surface area contributed by atoms with Crippen molar-refractivity contribution < 1.29 is 4.39 Å². The Balaban J connectivity index is 0.000000671. The van der Waals surface area contributed by atoms with Gasteiger partial charge in [-0.3, -0.25) is 0 Å². The van der Waals surface area contributed by atoms with E-state index in [0.717, 1.165) is 0 Å². The third-order valence-electron chi connectivity index (χ3n) is 1.31. The highest BCUT2D eigenvalue weighted by Gasteiger charge is 2.08. The molecule has 0 N–H and O–H groups in total. The molecule has 0 aliphatic rings. The molecule has 0 aliphatic carbocycles. The Morgan fingerprint density at radius 2 is 2.08 bits per heavy atom. The maximum atomic E-state index is 12.9. The Hall–Kier alpha value is -1.14. The molecular weight excluding hydrogens is 191 g/mol. The molecule has 1 aromatic heterocycles. The number of halogens is 2. The van der Waals surface area contributed by atoms with Crippen LogP contribution in [0.1, 0.15) is 25.1 Å². The minimum Gasteiger partial charge on any atom is -0.241 e. The van der Waals surface area contributed by atoms with Crippen molar-refractivity contribution in [3.05, 3.63) is 28.3 Å². The van der Waals surface area contributed by atoms with Gasteiger partial charge in [0, 0.05) is 11.8 Å². The fourth-order valence-electron chi connectivity index (χ4n) is 0.635. The lowest BCUT2D eigenvalue weighted by molar-refractivity contribution is 0.607. The quantitative estimate of drug-likeness (QED) is 0.645. The summed E-state index contributed by atoms with van der Waals surface area (Å²) in [5, 5.41) is 8.58. The summed E-state index contributed by atoms with van der Waals surface area (Å²) in [6.45, 7) is 5.50. The highest BCUT2D eigenvalue weighted by atomic mass is 35.5. The number of nitrogens with zero attached hydrogens (tertiary/aromatic N) is 2. The highest BCUT2D eigenvalue weighted by molar-refractivity contribution is 6.31. The van der Waals surface area contributed by atoms with Crippen molar-refractivity contribution in [2.75, 3.05) is 0 Å². The van der Waals surface area contributed by atoms with Crippen molar-refractivity contribution in [3.8, 4) is 6.07 Å². The average Bonchev–Trinajstić information content (AvgIpc) is 2.18. The summed E-state index contributed by atoms with van der Waals surface area (Å²) in [6.07, 6.45) is 1.26. The van der Waals surface area contributed by atoms with E-state index in [1.807, 2.05) is 13.8 Å². The van der Waals surface area contributed by atoms with Gasteiger partial charge in [-0.25, -0.2) is 9.37 Å². The van der Waals surface area contributed by atoms with Crippen LogP contribution in [0.3, 0.4) is 0 Å². The number of hydrogen-bond donors (Lipinski definition) is 0. The van der Waals surface area contributed by atoms with E-state index in [0.29, 0.717) is 0 Å². The van der Waals surface area contributed by atoms with Crippen molar-refractivity contribution in [3.63, 3.8) is 0 Å². The van der Waals surface area contributed by atoms with Crippen molar-refractivity contribution in [1.29, 1.82) is 5.26 Å². The maximum absolute atomic E-state index is 12.9. The van der Waals surface area contributed by atoms with Crippen LogP contribution in [0.4, 0.5) is 4.39 Å². The number of nitriles is 1. The van der Waals surface area contributed by atoms with Gasteiger partial charge in [0.15, 0.2) is 11.5 Å². The van der Waals surface area contributed by atoms with Gasteiger partial charge in [-0.15, -0.1) is 0 Å². The summed E-state index contributed by atoms with van der Waals surface area (Å²) in [5.41, 5.74) is 0.0464. The van der Waals surface area contributed by atoms with Crippen molar-refractivity contribution in [1.82, 2.24) is 4.98 Å². The van der Waals surface area contributed by atoms with E-state index in [4.69, 9.17) is 16.9 Å². The van der Waals surface area contributed by atoms with E-state index in [1.54, 1.807) is 6.07 Å². The molecule has 70 valence electrons. The number of pyridine rings is 1. The molecule has 2 nitrogen and oxygen atoms in total. The predicted octanol–water partition coefficient (Wildman–Crippen LogP) is 3.08. The third-order valence-corrected chi connectivity index (χ3v) is 1.69. The zero-order valence-electron chi connectivity index (χ0n) is 7.73. The zero-order valence-corrected chi connectivity index (χ0v) is 8.48. The molecule has 1 heterocycles. The molecule has 0 atom stereocenters. The summed E-state index contributed by atoms with van der Waals surface area (Å²) in [7, 11) is 0. The molecule has 0 bridgehead atoms. The SMILES string of the molecule is CC.Cc1c(Cl)cnc(C#N)c1F. The summed E-state index contributed by atoms with van der Waals surface area (Å²) in [4.78, 5) is 3.49. The van der Waals surface area contributed by atoms with Crippen LogP contribution in [0.2, 0.25) is 5.02 Å². The molecule has 0 spiro atoms. The van der Waals surface area contributed by atoms with E-state index < -0.39 is 5.82 Å². The van der Waals surface area contributed by atoms with Gasteiger partial charge in [0.1, 0.15) is 6.07 Å². The second-order valence-corrected chi connectivity index (χ2v) is 2.41. The molecule has 0 radical (unpaired) electrons. The van der Waals surface area contributed by atoms with E-state index in [-0.39, 0.29) is 16.3 Å². The lowest BCUT2D eigenvalue weighted by atomic mass is 10.2. The molecule has 1 aromatic rings. The molecule has 0 unspecified atom stereocenters. The van der Waals surface area contributed by atoms with E-state index in [2.05, 4.69) is 4.98 Å². The first kappa shape index (κ1) is 11.9. The molecule has 0 saturated heterocycles. The zero-order chi connectivity index (χ0) is 10.4. The molecule has 13 heavy (non-hydrogen) atoms. The van der Waals surface area contributed by atoms with Crippen LogP contribution in [0.5, 0.6) is 0 Å². The Kier molecular flexibility index (Phi) is 5.01. The lowest BCUT2D eigenvalue weighted by Gasteiger charge is -1.98. The molecule has 0 amide bonds. The Morgan fingerprint density at radius 1 is 1.54 bits per heavy atom. The van der Waals surface area contributed by atoms with Gasteiger partial charge < -0.3 is 0 Å². The monoisotopic (exact) mass is 200 g/mol. The summed E-state index contributed by atoms with van der Waals surface area (Å²) >= 11 is 5.53. The van der Waals surface area contributed by atoms with Crippen LogP contribution < -0.4 is 0 Å². The van der Waals surface area contributed by atoms with Crippen molar-refractivity contribution in [2.45, 2.75) is 20.8 Å². The van der Waals surface area contributed by atoms with Gasteiger partial charge in [0.2, 0.25) is 0 Å². The van der Waals surface area contributed by atoms with Gasteiger partial charge in [0.05, 0.1) is 5.02 Å². The standard InChI is InChI=1S/C7H4ClFN2.C2H6/c1-4-5(8)3-11-6(2-10)7(4)9;1-2/h3H,1H3;1-2H3. The second-order valence-electron chi connectivity index (χ2n) is 2.01. The fourth-order valence-corrected chi connectivity index (χ4v) is 0.767. The molecule has 1 rings (SSSR count). The summed E-state index contributed by atoms with van der Waals surface area (Å²) < 4.78 is 12.9. The molecule has 0 saturated carbocycles. The first-order valence-corrected chi connectivity index (χ1v) is 4.25. The van der Waals surface area contributed by atoms with Crippen molar-refractivity contribution >= 4 is 11.6 Å². The fraction of sp³-hybridized carbons (Fsp3) is 0.333. The van der Waals surface area contributed by atoms with E-state index in [1.165, 1.54) is 13.1 Å². The average molecular weight is 201 g/mol. The smallest absolute Gasteiger partial charge is 0.176 e. The van der Waals surface area contributed by atoms with Gasteiger partial charge >= 0.3 is 0 Å². The maximum Gasteiger partial charge on any atom is 0.176 e. The van der Waals surface area contributed by atoms with Crippen LogP contribution >= 0.6 is 11.6 Å². The number of hydrogen-bond acceptors (Lipinski definition) is 2. The number of rotatable bonds is 0. The van der Waals surface area contributed by atoms with Gasteiger partial charge in [-0.1, -0.05) is 25.4 Å². The van der Waals surface area contributed by atoms with E-state index in [9.17, 15) is 4.39 Å². The van der Waals surface area contributed by atoms with Gasteiger partial charge in [0.25, 0.3) is 0 Å². The second kappa shape index (κ2) is 5.50. The number of aromatic nitrogens is 1. The van der Waals surface area contributed by atoms with Crippen LogP contribution in [-0.2, 0) is 0 Å². The van der Waals surface area contributed by atoms with Crippen molar-refractivity contribution in [2.24, 2.45) is 0 Å². The molecule has 0 fully saturated rings. The first-order valence-electron chi connectivity index (χ1n) is 3.87. The minimum absolute atomic E-state index is 0.216. The lowest BCUT2D eigenvalue weighted by Crippen LogP contribution is -1.92. The van der Waals surface area contributed by atoms with Gasteiger partial charge in [-0.05, 0) is 6.92 Å². The van der Waals surface area contributed by atoms with Crippen LogP contribution in [0.25, 0.3) is 0 Å². The van der Waals surface area contributed by atoms with Gasteiger partial charge in [-0.2, -0.15) is 5.26 Å². The highest BCUT2D eigenvalue weighted by Crippen LogP contribution is 2.17. The topological polar surface area (TPSA) is 36.7 Å². The third kappa shape index (κ3) is 2.67. The normalized spacial score (nSPS) is 8.31. The minimum atomic E-state index is -0.639. The Morgan fingerprint density at radius 3 is 2.54 bits per heavy atom.